The highest BCUT2D eigenvalue weighted by Gasteiger charge is 2.15. The standard InChI is InChI=1S/C13H11ClN6O/c14-10-5-6-11(18-17-10)15-8-3-1-2-4-9(8)16-12-7-13(21)20-19-12/h1-6H,7H2,(H,15,18)(H,16,19)(H,20,21). The lowest BCUT2D eigenvalue weighted by molar-refractivity contribution is -0.119. The zero-order chi connectivity index (χ0) is 14.7. The van der Waals surface area contributed by atoms with E-state index in [2.05, 4.69) is 31.4 Å². The van der Waals surface area contributed by atoms with Gasteiger partial charge in [-0.15, -0.1) is 10.2 Å². The fraction of sp³-hybridized carbons (Fsp3) is 0.0769. The number of anilines is 2. The second-order valence-electron chi connectivity index (χ2n) is 4.29. The summed E-state index contributed by atoms with van der Waals surface area (Å²) in [5.41, 5.74) is 6.66. The maximum atomic E-state index is 11.2. The first kappa shape index (κ1) is 13.3. The van der Waals surface area contributed by atoms with E-state index in [0.717, 1.165) is 5.69 Å². The SMILES string of the molecule is O=C1CC(=Nc2ccccc2Nc2ccc(Cl)nn2)NN1. The van der Waals surface area contributed by atoms with Crippen molar-refractivity contribution in [1.82, 2.24) is 21.0 Å². The number of para-hydroxylation sites is 2. The Kier molecular flexibility index (Phi) is 3.65. The zero-order valence-corrected chi connectivity index (χ0v) is 11.6. The Morgan fingerprint density at radius 3 is 2.71 bits per heavy atom. The molecular weight excluding hydrogens is 292 g/mol. The fourth-order valence-electron chi connectivity index (χ4n) is 1.79. The Morgan fingerprint density at radius 1 is 1.14 bits per heavy atom. The van der Waals surface area contributed by atoms with E-state index in [4.69, 9.17) is 11.6 Å². The van der Waals surface area contributed by atoms with Crippen LogP contribution in [0.2, 0.25) is 5.15 Å². The monoisotopic (exact) mass is 302 g/mol. The summed E-state index contributed by atoms with van der Waals surface area (Å²) in [6.07, 6.45) is 0.231. The number of hydrogen-bond donors (Lipinski definition) is 3. The molecule has 8 heteroatoms. The number of rotatable bonds is 3. The van der Waals surface area contributed by atoms with Crippen LogP contribution >= 0.6 is 11.6 Å². The predicted octanol–water partition coefficient (Wildman–Crippen LogP) is 1.93. The summed E-state index contributed by atoms with van der Waals surface area (Å²) in [5.74, 6) is 1.01. The van der Waals surface area contributed by atoms with Gasteiger partial charge in [-0.05, 0) is 24.3 Å². The molecule has 0 spiro atoms. The second-order valence-corrected chi connectivity index (χ2v) is 4.68. The van der Waals surface area contributed by atoms with Gasteiger partial charge in [-0.25, -0.2) is 4.99 Å². The van der Waals surface area contributed by atoms with Gasteiger partial charge in [0.05, 0.1) is 17.8 Å². The Labute approximate surface area is 125 Å². The van der Waals surface area contributed by atoms with Crippen molar-refractivity contribution < 1.29 is 4.79 Å². The Balaban J connectivity index is 1.86. The predicted molar refractivity (Wildman–Crippen MR) is 79.8 cm³/mol. The summed E-state index contributed by atoms with van der Waals surface area (Å²) in [7, 11) is 0. The van der Waals surface area contributed by atoms with Gasteiger partial charge in [0.15, 0.2) is 11.0 Å². The first-order valence-corrected chi connectivity index (χ1v) is 6.56. The van der Waals surface area contributed by atoms with E-state index < -0.39 is 0 Å². The summed E-state index contributed by atoms with van der Waals surface area (Å²) in [5, 5.41) is 11.1. The Hall–Kier alpha value is -2.67. The van der Waals surface area contributed by atoms with Gasteiger partial charge in [-0.2, -0.15) is 0 Å². The van der Waals surface area contributed by atoms with Crippen molar-refractivity contribution in [2.45, 2.75) is 6.42 Å². The fourth-order valence-corrected chi connectivity index (χ4v) is 1.89. The van der Waals surface area contributed by atoms with Crippen LogP contribution in [0.3, 0.4) is 0 Å². The average molecular weight is 303 g/mol. The first-order chi connectivity index (χ1) is 10.2. The zero-order valence-electron chi connectivity index (χ0n) is 10.8. The summed E-state index contributed by atoms with van der Waals surface area (Å²) in [4.78, 5) is 15.6. The lowest BCUT2D eigenvalue weighted by Gasteiger charge is -2.08. The van der Waals surface area contributed by atoms with Crippen molar-refractivity contribution in [1.29, 1.82) is 0 Å². The highest BCUT2D eigenvalue weighted by atomic mass is 35.5. The summed E-state index contributed by atoms with van der Waals surface area (Å²) < 4.78 is 0. The molecule has 3 rings (SSSR count). The number of hydrogen-bond acceptors (Lipinski definition) is 5. The van der Waals surface area contributed by atoms with Crippen molar-refractivity contribution in [2.75, 3.05) is 5.32 Å². The third kappa shape index (κ3) is 3.26. The normalized spacial score (nSPS) is 15.7. The van der Waals surface area contributed by atoms with Crippen molar-refractivity contribution in [3.8, 4) is 0 Å². The van der Waals surface area contributed by atoms with E-state index in [1.54, 1.807) is 12.1 Å². The maximum Gasteiger partial charge on any atom is 0.245 e. The number of aromatic nitrogens is 2. The van der Waals surface area contributed by atoms with Crippen LogP contribution in [0.25, 0.3) is 0 Å². The molecule has 21 heavy (non-hydrogen) atoms. The highest BCUT2D eigenvalue weighted by Crippen LogP contribution is 2.27. The van der Waals surface area contributed by atoms with Gasteiger partial charge in [0.1, 0.15) is 5.84 Å². The van der Waals surface area contributed by atoms with Crippen molar-refractivity contribution in [3.05, 3.63) is 41.6 Å². The van der Waals surface area contributed by atoms with Crippen molar-refractivity contribution in [3.63, 3.8) is 0 Å². The number of carbonyl (C=O) groups is 1. The molecule has 1 aromatic heterocycles. The molecule has 7 nitrogen and oxygen atoms in total. The lowest BCUT2D eigenvalue weighted by Crippen LogP contribution is -2.28. The van der Waals surface area contributed by atoms with Crippen molar-refractivity contribution in [2.24, 2.45) is 4.99 Å². The molecule has 0 radical (unpaired) electrons. The molecule has 1 amide bonds. The van der Waals surface area contributed by atoms with Crippen molar-refractivity contribution >= 4 is 40.5 Å². The smallest absolute Gasteiger partial charge is 0.245 e. The largest absolute Gasteiger partial charge is 0.337 e. The minimum atomic E-state index is -0.109. The van der Waals surface area contributed by atoms with E-state index in [0.29, 0.717) is 22.5 Å². The molecule has 0 saturated carbocycles. The number of nitrogens with one attached hydrogen (secondary N) is 3. The quantitative estimate of drug-likeness (QED) is 0.806. The Bertz CT molecular complexity index is 700. The van der Waals surface area contributed by atoms with Crippen LogP contribution in [-0.2, 0) is 4.79 Å². The number of aliphatic imine (C=N–C) groups is 1. The maximum absolute atomic E-state index is 11.2. The number of nitrogens with zero attached hydrogens (tertiary/aromatic N) is 3. The van der Waals surface area contributed by atoms with Gasteiger partial charge in [-0.1, -0.05) is 23.7 Å². The molecule has 1 aliphatic heterocycles. The van der Waals surface area contributed by atoms with Crippen LogP contribution in [0.5, 0.6) is 0 Å². The number of amides is 1. The van der Waals surface area contributed by atoms with Crippen LogP contribution in [-0.4, -0.2) is 21.9 Å². The molecule has 0 bridgehead atoms. The highest BCUT2D eigenvalue weighted by molar-refractivity contribution is 6.29. The third-order valence-electron chi connectivity index (χ3n) is 2.73. The molecule has 1 aromatic carbocycles. The van der Waals surface area contributed by atoms with Crippen LogP contribution in [0.15, 0.2) is 41.4 Å². The molecule has 106 valence electrons. The summed E-state index contributed by atoms with van der Waals surface area (Å²) in [6.45, 7) is 0. The van der Waals surface area contributed by atoms with E-state index in [1.807, 2.05) is 24.3 Å². The lowest BCUT2D eigenvalue weighted by atomic mass is 10.2. The molecule has 2 aromatic rings. The van der Waals surface area contributed by atoms with E-state index >= 15 is 0 Å². The van der Waals surface area contributed by atoms with Gasteiger partial charge in [0.2, 0.25) is 5.91 Å². The van der Waals surface area contributed by atoms with Gasteiger partial charge in [-0.3, -0.25) is 15.6 Å². The topological polar surface area (TPSA) is 91.3 Å². The number of carbonyl (C=O) groups excluding carboxylic acids is 1. The van der Waals surface area contributed by atoms with E-state index in [9.17, 15) is 4.79 Å². The third-order valence-corrected chi connectivity index (χ3v) is 2.93. The molecule has 0 aliphatic carbocycles. The number of benzene rings is 1. The molecule has 1 aliphatic rings. The van der Waals surface area contributed by atoms with Gasteiger partial charge >= 0.3 is 0 Å². The molecule has 1 fully saturated rings. The second kappa shape index (κ2) is 5.76. The number of halogens is 1. The minimum absolute atomic E-state index is 0.109. The van der Waals surface area contributed by atoms with Crippen LogP contribution in [0.1, 0.15) is 6.42 Å². The molecule has 0 atom stereocenters. The number of hydrazine groups is 1. The van der Waals surface area contributed by atoms with Gasteiger partial charge in [0.25, 0.3) is 0 Å². The summed E-state index contributed by atoms with van der Waals surface area (Å²) >= 11 is 5.70. The molecule has 0 unspecified atom stereocenters. The average Bonchev–Trinajstić information content (AvgIpc) is 2.89. The van der Waals surface area contributed by atoms with Crippen LogP contribution in [0, 0.1) is 0 Å². The molecule has 3 N–H and O–H groups in total. The van der Waals surface area contributed by atoms with Gasteiger partial charge < -0.3 is 5.32 Å². The van der Waals surface area contributed by atoms with Gasteiger partial charge in [0, 0.05) is 0 Å². The molecular formula is C13H11ClN6O. The molecule has 1 saturated heterocycles. The van der Waals surface area contributed by atoms with Crippen LogP contribution in [0.4, 0.5) is 17.2 Å². The van der Waals surface area contributed by atoms with E-state index in [-0.39, 0.29) is 12.3 Å². The minimum Gasteiger partial charge on any atom is -0.337 e. The summed E-state index contributed by atoms with van der Waals surface area (Å²) in [6, 6.07) is 10.8. The molecule has 2 heterocycles. The number of amidine groups is 1. The Morgan fingerprint density at radius 2 is 2.00 bits per heavy atom. The first-order valence-electron chi connectivity index (χ1n) is 6.18. The van der Waals surface area contributed by atoms with E-state index in [1.165, 1.54) is 0 Å². The van der Waals surface area contributed by atoms with Crippen LogP contribution < -0.4 is 16.2 Å².